The highest BCUT2D eigenvalue weighted by molar-refractivity contribution is 14.0. The fourth-order valence-electron chi connectivity index (χ4n) is 2.91. The van der Waals surface area contributed by atoms with Crippen LogP contribution in [0.2, 0.25) is 0 Å². The Morgan fingerprint density at radius 2 is 2.08 bits per heavy atom. The molecule has 3 rings (SSSR count). The maximum Gasteiger partial charge on any atom is 0.261 e. The minimum atomic E-state index is -0.000596. The van der Waals surface area contributed by atoms with Crippen molar-refractivity contribution in [3.63, 3.8) is 0 Å². The molecule has 0 saturated carbocycles. The minimum Gasteiger partial charge on any atom is -0.356 e. The summed E-state index contributed by atoms with van der Waals surface area (Å²) >= 11 is 1.46. The maximum absolute atomic E-state index is 11.9. The number of fused-ring (bicyclic) bond motifs is 1. The van der Waals surface area contributed by atoms with Crippen LogP contribution in [0.1, 0.15) is 28.6 Å². The van der Waals surface area contributed by atoms with E-state index in [9.17, 15) is 4.79 Å². The monoisotopic (exact) mass is 484 g/mol. The summed E-state index contributed by atoms with van der Waals surface area (Å²) in [6, 6.07) is 12.2. The van der Waals surface area contributed by atoms with Gasteiger partial charge in [0.25, 0.3) is 5.91 Å². The van der Waals surface area contributed by atoms with Gasteiger partial charge in [0.05, 0.1) is 4.88 Å². The van der Waals surface area contributed by atoms with E-state index in [-0.39, 0.29) is 29.9 Å². The summed E-state index contributed by atoms with van der Waals surface area (Å²) in [6.45, 7) is 5.20. The Hall–Kier alpha value is -1.61. The molecule has 1 amide bonds. The number of hydrogen-bond acceptors (Lipinski definition) is 3. The lowest BCUT2D eigenvalue weighted by Gasteiger charge is -2.22. The van der Waals surface area contributed by atoms with Gasteiger partial charge in [-0.1, -0.05) is 24.3 Å². The number of hydrogen-bond donors (Lipinski definition) is 2. The molecule has 1 aromatic heterocycles. The van der Waals surface area contributed by atoms with Crippen molar-refractivity contribution in [1.82, 2.24) is 10.6 Å². The lowest BCUT2D eigenvalue weighted by atomic mass is 10.2. The summed E-state index contributed by atoms with van der Waals surface area (Å²) < 4.78 is 0. The molecule has 0 spiro atoms. The summed E-state index contributed by atoms with van der Waals surface area (Å²) in [7, 11) is 0. The number of aliphatic imine (C=N–C) groups is 1. The van der Waals surface area contributed by atoms with E-state index < -0.39 is 0 Å². The summed E-state index contributed by atoms with van der Waals surface area (Å²) in [5.74, 6) is 0.927. The number of amides is 1. The second-order valence-electron chi connectivity index (χ2n) is 5.85. The number of carbonyl (C=O) groups is 1. The van der Waals surface area contributed by atoms with Crippen molar-refractivity contribution in [3.8, 4) is 0 Å². The van der Waals surface area contributed by atoms with E-state index in [4.69, 9.17) is 4.99 Å². The summed E-state index contributed by atoms with van der Waals surface area (Å²) in [6.07, 6.45) is 1.87. The topological polar surface area (TPSA) is 56.7 Å². The Labute approximate surface area is 175 Å². The zero-order chi connectivity index (χ0) is 17.5. The number of nitrogens with one attached hydrogen (secondary N) is 2. The molecule has 2 aromatic rings. The molecule has 1 aliphatic heterocycles. The number of anilines is 1. The number of rotatable bonds is 6. The average Bonchev–Trinajstić information content (AvgIpc) is 3.30. The molecule has 0 radical (unpaired) electrons. The van der Waals surface area contributed by atoms with Gasteiger partial charge >= 0.3 is 0 Å². The lowest BCUT2D eigenvalue weighted by Crippen LogP contribution is -2.40. The second kappa shape index (κ2) is 10.5. The zero-order valence-corrected chi connectivity index (χ0v) is 18.1. The highest BCUT2D eigenvalue weighted by atomic mass is 127. The van der Waals surface area contributed by atoms with Gasteiger partial charge < -0.3 is 15.5 Å². The third-order valence-corrected chi connectivity index (χ3v) is 4.97. The van der Waals surface area contributed by atoms with Crippen LogP contribution in [0.25, 0.3) is 0 Å². The van der Waals surface area contributed by atoms with Crippen molar-refractivity contribution in [2.24, 2.45) is 4.99 Å². The van der Waals surface area contributed by atoms with Crippen LogP contribution in [-0.4, -0.2) is 38.0 Å². The van der Waals surface area contributed by atoms with Gasteiger partial charge in [0.1, 0.15) is 0 Å². The molecule has 0 saturated heterocycles. The predicted octanol–water partition coefficient (Wildman–Crippen LogP) is 3.51. The van der Waals surface area contributed by atoms with Gasteiger partial charge in [-0.05, 0) is 42.8 Å². The molecule has 2 heterocycles. The van der Waals surface area contributed by atoms with E-state index in [0.717, 1.165) is 36.8 Å². The number of benzene rings is 1. The molecule has 140 valence electrons. The van der Waals surface area contributed by atoms with E-state index in [1.165, 1.54) is 22.6 Å². The number of nitrogens with zero attached hydrogens (tertiary/aromatic N) is 2. The molecular formula is C19H25IN4OS. The molecule has 1 aromatic carbocycles. The number of halogens is 1. The van der Waals surface area contributed by atoms with Gasteiger partial charge in [0.2, 0.25) is 0 Å². The summed E-state index contributed by atoms with van der Waals surface area (Å²) in [5, 5.41) is 8.23. The van der Waals surface area contributed by atoms with Crippen molar-refractivity contribution >= 4 is 52.9 Å². The normalized spacial score (nSPS) is 13.1. The lowest BCUT2D eigenvalue weighted by molar-refractivity contribution is 0.0957. The smallest absolute Gasteiger partial charge is 0.261 e. The van der Waals surface area contributed by atoms with Crippen LogP contribution in [0.5, 0.6) is 0 Å². The largest absolute Gasteiger partial charge is 0.356 e. The maximum atomic E-state index is 11.9. The van der Waals surface area contributed by atoms with E-state index in [0.29, 0.717) is 13.1 Å². The zero-order valence-electron chi connectivity index (χ0n) is 14.9. The molecule has 0 unspecified atom stereocenters. The number of guanidine groups is 1. The third kappa shape index (κ3) is 5.20. The second-order valence-corrected chi connectivity index (χ2v) is 6.80. The SMILES string of the molecule is CCNC(=NCCCNC(=O)c1cccs1)N1CCc2ccccc21.I. The van der Waals surface area contributed by atoms with Gasteiger partial charge in [-0.25, -0.2) is 0 Å². The molecule has 0 fully saturated rings. The van der Waals surface area contributed by atoms with Crippen LogP contribution in [0.4, 0.5) is 5.69 Å². The third-order valence-electron chi connectivity index (χ3n) is 4.10. The van der Waals surface area contributed by atoms with Crippen LogP contribution >= 0.6 is 35.3 Å². The molecule has 7 heteroatoms. The van der Waals surface area contributed by atoms with E-state index in [1.807, 2.05) is 17.5 Å². The standard InChI is InChI=1S/C19H24N4OS.HI/c1-2-20-19(23-13-10-15-7-3-4-8-16(15)23)22-12-6-11-21-18(24)17-9-5-14-25-17;/h3-5,7-9,14H,2,6,10-13H2,1H3,(H,20,22)(H,21,24);1H. The van der Waals surface area contributed by atoms with Crippen LogP contribution in [0, 0.1) is 0 Å². The number of carbonyl (C=O) groups excluding carboxylic acids is 1. The van der Waals surface area contributed by atoms with Gasteiger partial charge in [0.15, 0.2) is 5.96 Å². The fraction of sp³-hybridized carbons (Fsp3) is 0.368. The van der Waals surface area contributed by atoms with E-state index in [1.54, 1.807) is 0 Å². The van der Waals surface area contributed by atoms with Crippen LogP contribution < -0.4 is 15.5 Å². The van der Waals surface area contributed by atoms with Crippen molar-refractivity contribution in [3.05, 3.63) is 52.2 Å². The Morgan fingerprint density at radius 1 is 1.23 bits per heavy atom. The quantitative estimate of drug-likeness (QED) is 0.286. The fourth-order valence-corrected chi connectivity index (χ4v) is 3.55. The average molecular weight is 484 g/mol. The number of para-hydroxylation sites is 1. The minimum absolute atomic E-state index is 0. The Morgan fingerprint density at radius 3 is 2.85 bits per heavy atom. The Bertz CT molecular complexity index is 733. The van der Waals surface area contributed by atoms with Crippen molar-refractivity contribution < 1.29 is 4.79 Å². The molecule has 0 atom stereocenters. The van der Waals surface area contributed by atoms with Crippen LogP contribution in [-0.2, 0) is 6.42 Å². The van der Waals surface area contributed by atoms with Crippen LogP contribution in [0.3, 0.4) is 0 Å². The first-order valence-electron chi connectivity index (χ1n) is 8.75. The Kier molecular flexibility index (Phi) is 8.37. The molecular weight excluding hydrogens is 459 g/mol. The molecule has 0 aliphatic carbocycles. The predicted molar refractivity (Wildman–Crippen MR) is 120 cm³/mol. The number of thiophene rings is 1. The summed E-state index contributed by atoms with van der Waals surface area (Å²) in [5.41, 5.74) is 2.62. The Balaban J connectivity index is 0.00000243. The molecule has 0 bridgehead atoms. The van der Waals surface area contributed by atoms with E-state index in [2.05, 4.69) is 46.7 Å². The molecule has 26 heavy (non-hydrogen) atoms. The van der Waals surface area contributed by atoms with Gasteiger partial charge in [-0.3, -0.25) is 9.79 Å². The van der Waals surface area contributed by atoms with Crippen molar-refractivity contribution in [2.45, 2.75) is 19.8 Å². The summed E-state index contributed by atoms with van der Waals surface area (Å²) in [4.78, 5) is 19.6. The van der Waals surface area contributed by atoms with Crippen LogP contribution in [0.15, 0.2) is 46.8 Å². The molecule has 5 nitrogen and oxygen atoms in total. The van der Waals surface area contributed by atoms with Gasteiger partial charge in [-0.15, -0.1) is 35.3 Å². The van der Waals surface area contributed by atoms with Gasteiger partial charge in [0, 0.05) is 31.9 Å². The highest BCUT2D eigenvalue weighted by Gasteiger charge is 2.22. The first-order valence-corrected chi connectivity index (χ1v) is 9.63. The first-order chi connectivity index (χ1) is 12.3. The van der Waals surface area contributed by atoms with Crippen molar-refractivity contribution in [2.75, 3.05) is 31.1 Å². The highest BCUT2D eigenvalue weighted by Crippen LogP contribution is 2.27. The first kappa shape index (κ1) is 20.7. The van der Waals surface area contributed by atoms with Gasteiger partial charge in [-0.2, -0.15) is 0 Å². The molecule has 1 aliphatic rings. The molecule has 2 N–H and O–H groups in total. The van der Waals surface area contributed by atoms with E-state index >= 15 is 0 Å². The van der Waals surface area contributed by atoms with Crippen molar-refractivity contribution in [1.29, 1.82) is 0 Å².